The fraction of sp³-hybridized carbons (Fsp3) is 0.700. The first-order chi connectivity index (χ1) is 11.9. The topological polar surface area (TPSA) is 248 Å². The number of carbonyl (C=O) groups is 1. The Morgan fingerprint density at radius 3 is 2.62 bits per heavy atom. The molecule has 15 nitrogen and oxygen atoms in total. The van der Waals surface area contributed by atoms with Gasteiger partial charge in [0.1, 0.15) is 18.7 Å². The first kappa shape index (κ1) is 18.4. The van der Waals surface area contributed by atoms with E-state index in [2.05, 4.69) is 24.2 Å². The summed E-state index contributed by atoms with van der Waals surface area (Å²) in [5, 5.41) is 23.9. The van der Waals surface area contributed by atoms with Crippen molar-refractivity contribution in [3.63, 3.8) is 0 Å². The van der Waals surface area contributed by atoms with E-state index in [1.807, 2.05) is 0 Å². The van der Waals surface area contributed by atoms with Gasteiger partial charge in [-0.25, -0.2) is 19.0 Å². The van der Waals surface area contributed by atoms with Crippen LogP contribution >= 0.6 is 0 Å². The number of nitrogens with zero attached hydrogens (tertiary/aromatic N) is 3. The predicted octanol–water partition coefficient (Wildman–Crippen LogP) is -5.05. The number of primary amides is 1. The van der Waals surface area contributed by atoms with Gasteiger partial charge in [0.05, 0.1) is 6.54 Å². The van der Waals surface area contributed by atoms with E-state index in [0.717, 1.165) is 4.90 Å². The van der Waals surface area contributed by atoms with Gasteiger partial charge in [-0.2, -0.15) is 8.42 Å². The third-order valence-corrected chi connectivity index (χ3v) is 4.86. The van der Waals surface area contributed by atoms with E-state index in [1.54, 1.807) is 0 Å². The smallest absolute Gasteiger partial charge is 0.404 e. The molecule has 146 valence electrons. The van der Waals surface area contributed by atoms with Crippen LogP contribution in [0.1, 0.15) is 0 Å². The highest BCUT2D eigenvalue weighted by Crippen LogP contribution is 2.45. The van der Waals surface area contributed by atoms with E-state index in [-0.39, 0.29) is 11.9 Å². The van der Waals surface area contributed by atoms with E-state index in [9.17, 15) is 23.4 Å². The number of amides is 1. The van der Waals surface area contributed by atoms with Crippen LogP contribution in [0, 0.1) is 0 Å². The Morgan fingerprint density at radius 2 is 2.04 bits per heavy atom. The largest absolute Gasteiger partial charge is 0.447 e. The van der Waals surface area contributed by atoms with Crippen LogP contribution in [0.25, 0.3) is 0 Å². The van der Waals surface area contributed by atoms with Crippen LogP contribution < -0.4 is 22.5 Å². The lowest BCUT2D eigenvalue weighted by atomic mass is 9.86. The Bertz CT molecular complexity index is 797. The molecule has 0 saturated carbocycles. The van der Waals surface area contributed by atoms with Crippen LogP contribution in [0.4, 0.5) is 4.79 Å². The minimum absolute atomic E-state index is 0.228. The molecule has 0 aliphatic carbocycles. The molecule has 0 radical (unpaired) electrons. The summed E-state index contributed by atoms with van der Waals surface area (Å²) in [6.45, 7) is -0.896. The molecule has 1 saturated heterocycles. The van der Waals surface area contributed by atoms with Gasteiger partial charge in [-0.05, 0) is 0 Å². The Hall–Kier alpha value is -2.40. The number of hydrogen-bond donors (Lipinski definition) is 7. The van der Waals surface area contributed by atoms with Gasteiger partial charge in [-0.15, -0.1) is 0 Å². The minimum atomic E-state index is -5.03. The Morgan fingerprint density at radius 1 is 1.38 bits per heavy atom. The third kappa shape index (κ3) is 2.58. The average molecular weight is 395 g/mol. The number of nitrogens with two attached hydrogens (primary N) is 3. The Kier molecular flexibility index (Phi) is 3.92. The van der Waals surface area contributed by atoms with Crippen LogP contribution in [0.2, 0.25) is 0 Å². The second-order valence-corrected chi connectivity index (χ2v) is 6.93. The number of carbonyl (C=O) groups excluding carboxylic acids is 1. The number of nitrogens with one attached hydrogen (secondary N) is 1. The van der Waals surface area contributed by atoms with E-state index in [4.69, 9.17) is 21.8 Å². The molecule has 0 aromatic heterocycles. The molecule has 4 atom stereocenters. The second-order valence-electron chi connectivity index (χ2n) is 5.88. The van der Waals surface area contributed by atoms with Crippen molar-refractivity contribution in [1.82, 2.24) is 10.2 Å². The summed E-state index contributed by atoms with van der Waals surface area (Å²) >= 11 is 0. The van der Waals surface area contributed by atoms with E-state index < -0.39 is 59.3 Å². The van der Waals surface area contributed by atoms with Crippen molar-refractivity contribution in [2.75, 3.05) is 13.2 Å². The fourth-order valence-electron chi connectivity index (χ4n) is 3.45. The fourth-order valence-corrected chi connectivity index (χ4v) is 3.94. The van der Waals surface area contributed by atoms with Crippen molar-refractivity contribution >= 4 is 28.4 Å². The molecule has 3 rings (SSSR count). The van der Waals surface area contributed by atoms with Crippen LogP contribution in [0.15, 0.2) is 9.98 Å². The summed E-state index contributed by atoms with van der Waals surface area (Å²) < 4.78 is 40.0. The third-order valence-electron chi connectivity index (χ3n) is 4.38. The maximum absolute atomic E-state index is 11.0. The summed E-state index contributed by atoms with van der Waals surface area (Å²) in [5.41, 5.74) is 14.4. The SMILES string of the molecule is NC(=O)OC[C@@H]1N=C(N)N2C[C@H](OS(=O)(=O)O)C(O)(O)C23NC(N)=NC13. The zero-order valence-electron chi connectivity index (χ0n) is 13.0. The van der Waals surface area contributed by atoms with E-state index in [1.165, 1.54) is 0 Å². The van der Waals surface area contributed by atoms with Gasteiger partial charge in [0, 0.05) is 0 Å². The zero-order valence-corrected chi connectivity index (χ0v) is 13.8. The summed E-state index contributed by atoms with van der Waals surface area (Å²) in [4.78, 5) is 20.0. The molecule has 2 unspecified atom stereocenters. The summed E-state index contributed by atoms with van der Waals surface area (Å²) in [6.07, 6.45) is -2.96. The normalized spacial score (nSPS) is 35.0. The van der Waals surface area contributed by atoms with Gasteiger partial charge in [0.2, 0.25) is 5.79 Å². The molecule has 1 spiro atoms. The molecule has 26 heavy (non-hydrogen) atoms. The molecule has 3 heterocycles. The lowest BCUT2D eigenvalue weighted by molar-refractivity contribution is -0.252. The maximum atomic E-state index is 11.0. The van der Waals surface area contributed by atoms with Crippen LogP contribution in [-0.4, -0.2) is 88.9 Å². The summed E-state index contributed by atoms with van der Waals surface area (Å²) in [7, 11) is -5.03. The zero-order chi connectivity index (χ0) is 19.5. The molecule has 3 aliphatic rings. The van der Waals surface area contributed by atoms with Gasteiger partial charge in [-0.3, -0.25) is 4.55 Å². The highest BCUT2D eigenvalue weighted by Gasteiger charge is 2.74. The quantitative estimate of drug-likeness (QED) is 0.174. The van der Waals surface area contributed by atoms with Gasteiger partial charge in [0.25, 0.3) is 0 Å². The molecular weight excluding hydrogens is 378 g/mol. The first-order valence-electron chi connectivity index (χ1n) is 7.13. The molecule has 3 aliphatic heterocycles. The Labute approximate surface area is 146 Å². The lowest BCUT2D eigenvalue weighted by Gasteiger charge is -2.48. The van der Waals surface area contributed by atoms with Crippen molar-refractivity contribution < 1.29 is 36.9 Å². The van der Waals surface area contributed by atoms with Crippen molar-refractivity contribution in [2.45, 2.75) is 29.6 Å². The van der Waals surface area contributed by atoms with Gasteiger partial charge < -0.3 is 42.4 Å². The number of guanidine groups is 2. The van der Waals surface area contributed by atoms with Crippen molar-refractivity contribution in [1.29, 1.82) is 0 Å². The van der Waals surface area contributed by atoms with E-state index in [0.29, 0.717) is 0 Å². The predicted molar refractivity (Wildman–Crippen MR) is 82.5 cm³/mol. The number of ether oxygens (including phenoxy) is 1. The number of rotatable bonds is 4. The molecule has 0 aromatic carbocycles. The van der Waals surface area contributed by atoms with Crippen molar-refractivity contribution in [3.8, 4) is 0 Å². The monoisotopic (exact) mass is 395 g/mol. The number of hydrogen-bond acceptors (Lipinski definition) is 13. The van der Waals surface area contributed by atoms with Crippen LogP contribution in [-0.2, 0) is 19.3 Å². The molecular formula is C10H17N7O8S. The number of aliphatic hydroxyl groups is 2. The molecule has 1 fully saturated rings. The van der Waals surface area contributed by atoms with Gasteiger partial charge in [-0.1, -0.05) is 0 Å². The summed E-state index contributed by atoms with van der Waals surface area (Å²) in [5.74, 6) is -3.44. The van der Waals surface area contributed by atoms with E-state index >= 15 is 0 Å². The standard InChI is InChI=1S/C10H17N7O8S/c11-6-15-5-3(2-24-8(13)18)14-7(12)17-1-4(25-26(21,22)23)10(19,20)9(5,17)16-6/h3-5,19-20H,1-2H2,(H2,12,14)(H2,13,18)(H3,11,15,16)(H,21,22,23)/t3-,4-,5?,9?/m0/s1. The molecule has 0 bridgehead atoms. The number of aliphatic imine (C=N–C) groups is 2. The van der Waals surface area contributed by atoms with Crippen LogP contribution in [0.5, 0.6) is 0 Å². The maximum Gasteiger partial charge on any atom is 0.404 e. The van der Waals surface area contributed by atoms with Gasteiger partial charge >= 0.3 is 16.5 Å². The second kappa shape index (κ2) is 5.55. The Balaban J connectivity index is 2.04. The molecule has 16 heteroatoms. The molecule has 10 N–H and O–H groups in total. The molecule has 0 aromatic rings. The highest BCUT2D eigenvalue weighted by molar-refractivity contribution is 7.80. The minimum Gasteiger partial charge on any atom is -0.447 e. The van der Waals surface area contributed by atoms with Gasteiger partial charge in [0.15, 0.2) is 23.7 Å². The summed E-state index contributed by atoms with van der Waals surface area (Å²) in [6, 6.07) is -2.19. The van der Waals surface area contributed by atoms with Crippen LogP contribution in [0.3, 0.4) is 0 Å². The van der Waals surface area contributed by atoms with Crippen molar-refractivity contribution in [2.24, 2.45) is 27.2 Å². The molecule has 1 amide bonds. The lowest BCUT2D eigenvalue weighted by Crippen LogP contribution is -2.77. The average Bonchev–Trinajstić information content (AvgIpc) is 2.93. The first-order valence-corrected chi connectivity index (χ1v) is 8.50. The highest BCUT2D eigenvalue weighted by atomic mass is 32.3. The van der Waals surface area contributed by atoms with Crippen molar-refractivity contribution in [3.05, 3.63) is 0 Å².